The molecule has 0 atom stereocenters. The van der Waals surface area contributed by atoms with Gasteiger partial charge in [0.25, 0.3) is 0 Å². The van der Waals surface area contributed by atoms with E-state index in [2.05, 4.69) is 36.3 Å². The van der Waals surface area contributed by atoms with Crippen LogP contribution in [0.2, 0.25) is 0 Å². The molecule has 0 saturated heterocycles. The van der Waals surface area contributed by atoms with E-state index in [1.807, 2.05) is 30.3 Å². The van der Waals surface area contributed by atoms with E-state index in [9.17, 15) is 0 Å². The number of guanidine groups is 1. The zero-order chi connectivity index (χ0) is 20.4. The number of hydrogen-bond donors (Lipinski definition) is 2. The van der Waals surface area contributed by atoms with Crippen molar-refractivity contribution in [2.45, 2.75) is 26.8 Å². The smallest absolute Gasteiger partial charge is 0.188 e. The van der Waals surface area contributed by atoms with Gasteiger partial charge < -0.3 is 25.3 Å². The predicted octanol–water partition coefficient (Wildman–Crippen LogP) is 3.39. The van der Waals surface area contributed by atoms with Crippen LogP contribution in [0.15, 0.2) is 47.5 Å². The maximum Gasteiger partial charge on any atom is 0.188 e. The predicted molar refractivity (Wildman–Crippen MR) is 113 cm³/mol. The fourth-order valence-corrected chi connectivity index (χ4v) is 2.56. The first-order valence-corrected chi connectivity index (χ1v) is 9.48. The van der Waals surface area contributed by atoms with Crippen LogP contribution in [0.25, 0.3) is 0 Å². The zero-order valence-corrected chi connectivity index (χ0v) is 17.2. The normalized spacial score (nSPS) is 11.4. The van der Waals surface area contributed by atoms with Gasteiger partial charge in [0.2, 0.25) is 0 Å². The van der Waals surface area contributed by atoms with Crippen molar-refractivity contribution in [1.29, 1.82) is 0 Å². The Morgan fingerprint density at radius 1 is 1.00 bits per heavy atom. The molecule has 0 radical (unpaired) electrons. The first-order chi connectivity index (χ1) is 13.5. The lowest BCUT2D eigenvalue weighted by Crippen LogP contribution is -2.33. The van der Waals surface area contributed by atoms with E-state index in [0.29, 0.717) is 36.5 Å². The van der Waals surface area contributed by atoms with Gasteiger partial charge in [0.15, 0.2) is 17.5 Å². The third-order valence-corrected chi connectivity index (χ3v) is 4.11. The van der Waals surface area contributed by atoms with Gasteiger partial charge in [-0.15, -0.1) is 0 Å². The number of nitrogens with two attached hydrogens (primary N) is 1. The number of ether oxygens (including phenoxy) is 3. The summed E-state index contributed by atoms with van der Waals surface area (Å²) in [5.74, 6) is 3.22. The Kier molecular flexibility index (Phi) is 8.46. The molecule has 0 spiro atoms. The second kappa shape index (κ2) is 11.1. The van der Waals surface area contributed by atoms with Crippen LogP contribution in [0.1, 0.15) is 25.0 Å². The lowest BCUT2D eigenvalue weighted by molar-refractivity contribution is 0.271. The minimum absolute atomic E-state index is 0.423. The molecule has 2 rings (SSSR count). The number of rotatable bonds is 10. The molecule has 152 valence electrons. The molecule has 0 aliphatic rings. The lowest BCUT2D eigenvalue weighted by Gasteiger charge is -2.10. The number of methoxy groups -OCH3 is 2. The maximum atomic E-state index is 5.97. The number of nitrogens with zero attached hydrogens (tertiary/aromatic N) is 1. The van der Waals surface area contributed by atoms with Gasteiger partial charge in [-0.05, 0) is 47.7 Å². The highest BCUT2D eigenvalue weighted by Crippen LogP contribution is 2.27. The number of benzene rings is 2. The minimum Gasteiger partial charge on any atom is -0.493 e. The summed E-state index contributed by atoms with van der Waals surface area (Å²) in [5, 5.41) is 3.15. The van der Waals surface area contributed by atoms with Crippen LogP contribution in [0.4, 0.5) is 0 Å². The molecule has 6 heteroatoms. The van der Waals surface area contributed by atoms with Gasteiger partial charge in [-0.25, -0.2) is 4.99 Å². The van der Waals surface area contributed by atoms with Gasteiger partial charge in [-0.2, -0.15) is 0 Å². The molecule has 0 fully saturated rings. The van der Waals surface area contributed by atoms with E-state index in [1.165, 1.54) is 5.56 Å². The van der Waals surface area contributed by atoms with Crippen molar-refractivity contribution in [3.63, 3.8) is 0 Å². The molecule has 0 bridgehead atoms. The Morgan fingerprint density at radius 3 is 2.32 bits per heavy atom. The van der Waals surface area contributed by atoms with Crippen molar-refractivity contribution < 1.29 is 14.2 Å². The Balaban J connectivity index is 1.78. The Hall–Kier alpha value is -2.89. The van der Waals surface area contributed by atoms with Gasteiger partial charge >= 0.3 is 0 Å². The molecule has 0 saturated carbocycles. The highest BCUT2D eigenvalue weighted by atomic mass is 16.5. The number of aliphatic imine (C=N–C) groups is 1. The van der Waals surface area contributed by atoms with Gasteiger partial charge in [-0.1, -0.05) is 32.0 Å². The summed E-state index contributed by atoms with van der Waals surface area (Å²) in [5.41, 5.74) is 8.19. The third-order valence-electron chi connectivity index (χ3n) is 4.11. The first kappa shape index (κ1) is 21.4. The average Bonchev–Trinajstić information content (AvgIpc) is 2.71. The molecule has 0 amide bonds. The zero-order valence-electron chi connectivity index (χ0n) is 17.2. The van der Waals surface area contributed by atoms with E-state index >= 15 is 0 Å². The lowest BCUT2D eigenvalue weighted by atomic mass is 10.1. The van der Waals surface area contributed by atoms with Crippen molar-refractivity contribution in [2.75, 3.05) is 27.4 Å². The monoisotopic (exact) mass is 385 g/mol. The second-order valence-electron chi connectivity index (χ2n) is 6.92. The van der Waals surface area contributed by atoms with Crippen LogP contribution >= 0.6 is 0 Å². The molecule has 3 N–H and O–H groups in total. The van der Waals surface area contributed by atoms with Crippen LogP contribution < -0.4 is 25.3 Å². The second-order valence-corrected chi connectivity index (χ2v) is 6.92. The number of nitrogens with one attached hydrogen (secondary N) is 1. The van der Waals surface area contributed by atoms with Crippen molar-refractivity contribution in [3.05, 3.63) is 53.6 Å². The Morgan fingerprint density at radius 2 is 1.68 bits per heavy atom. The first-order valence-electron chi connectivity index (χ1n) is 9.48. The quantitative estimate of drug-likeness (QED) is 0.484. The van der Waals surface area contributed by atoms with Gasteiger partial charge in [-0.3, -0.25) is 0 Å². The van der Waals surface area contributed by atoms with Crippen LogP contribution in [0.5, 0.6) is 17.2 Å². The van der Waals surface area contributed by atoms with Crippen molar-refractivity contribution in [1.82, 2.24) is 5.32 Å². The third kappa shape index (κ3) is 7.02. The maximum absolute atomic E-state index is 5.97. The van der Waals surface area contributed by atoms with Crippen LogP contribution in [0, 0.1) is 5.92 Å². The van der Waals surface area contributed by atoms with Crippen molar-refractivity contribution in [2.24, 2.45) is 16.6 Å². The number of hydrogen-bond acceptors (Lipinski definition) is 4. The molecule has 2 aromatic rings. The van der Waals surface area contributed by atoms with Gasteiger partial charge in [0.1, 0.15) is 5.75 Å². The topological polar surface area (TPSA) is 78.1 Å². The summed E-state index contributed by atoms with van der Waals surface area (Å²) in [6.07, 6.45) is 0.858. The highest BCUT2D eigenvalue weighted by molar-refractivity contribution is 5.77. The minimum atomic E-state index is 0.423. The molecule has 0 aliphatic carbocycles. The van der Waals surface area contributed by atoms with Crippen LogP contribution in [0.3, 0.4) is 0 Å². The standard InChI is InChI=1S/C22H31N3O3/c1-16(2)15-28-19-8-5-17(6-9-19)11-12-24-22(23)25-14-18-7-10-20(26-3)21(13-18)27-4/h5-10,13,16H,11-12,14-15H2,1-4H3,(H3,23,24,25). The SMILES string of the molecule is COc1ccc(CN=C(N)NCCc2ccc(OCC(C)C)cc2)cc1OC. The summed E-state index contributed by atoms with van der Waals surface area (Å²) in [4.78, 5) is 4.38. The molecule has 0 heterocycles. The molecule has 0 aliphatic heterocycles. The van der Waals surface area contributed by atoms with Crippen molar-refractivity contribution in [3.8, 4) is 17.2 Å². The van der Waals surface area contributed by atoms with E-state index in [-0.39, 0.29) is 0 Å². The summed E-state index contributed by atoms with van der Waals surface area (Å²) < 4.78 is 16.2. The summed E-state index contributed by atoms with van der Waals surface area (Å²) in [7, 11) is 3.23. The highest BCUT2D eigenvalue weighted by Gasteiger charge is 2.04. The molecule has 0 unspecified atom stereocenters. The Bertz CT molecular complexity index is 758. The van der Waals surface area contributed by atoms with Crippen molar-refractivity contribution >= 4 is 5.96 Å². The van der Waals surface area contributed by atoms with Crippen LogP contribution in [-0.2, 0) is 13.0 Å². The summed E-state index contributed by atoms with van der Waals surface area (Å²) in [6, 6.07) is 13.9. The molecule has 0 aromatic heterocycles. The van der Waals surface area contributed by atoms with Crippen LogP contribution in [-0.4, -0.2) is 33.3 Å². The fraction of sp³-hybridized carbons (Fsp3) is 0.409. The average molecular weight is 386 g/mol. The Labute approximate surface area is 167 Å². The molecule has 2 aromatic carbocycles. The van der Waals surface area contributed by atoms with E-state index < -0.39 is 0 Å². The van der Waals surface area contributed by atoms with E-state index in [4.69, 9.17) is 19.9 Å². The largest absolute Gasteiger partial charge is 0.493 e. The fourth-order valence-electron chi connectivity index (χ4n) is 2.56. The summed E-state index contributed by atoms with van der Waals surface area (Å²) in [6.45, 7) is 6.19. The molecular weight excluding hydrogens is 354 g/mol. The van der Waals surface area contributed by atoms with Gasteiger partial charge in [0, 0.05) is 6.54 Å². The summed E-state index contributed by atoms with van der Waals surface area (Å²) >= 11 is 0. The molecular formula is C22H31N3O3. The van der Waals surface area contributed by atoms with Gasteiger partial charge in [0.05, 0.1) is 27.4 Å². The van der Waals surface area contributed by atoms with E-state index in [1.54, 1.807) is 14.2 Å². The van der Waals surface area contributed by atoms with E-state index in [0.717, 1.165) is 24.3 Å². The molecule has 28 heavy (non-hydrogen) atoms. The molecule has 6 nitrogen and oxygen atoms in total.